The number of carbonyl (C=O) groups is 1. The highest BCUT2D eigenvalue weighted by molar-refractivity contribution is 5.93. The number of aryl methyl sites for hydroxylation is 1. The predicted octanol–water partition coefficient (Wildman–Crippen LogP) is 6.82. The van der Waals surface area contributed by atoms with Gasteiger partial charge >= 0.3 is 5.97 Å². The molecule has 0 saturated heterocycles. The van der Waals surface area contributed by atoms with Crippen LogP contribution < -0.4 is 5.73 Å². The van der Waals surface area contributed by atoms with Crippen LogP contribution in [0.4, 0.5) is 5.69 Å². The van der Waals surface area contributed by atoms with Gasteiger partial charge in [-0.05, 0) is 36.6 Å². The molecule has 2 rings (SSSR count). The van der Waals surface area contributed by atoms with Crippen LogP contribution >= 0.6 is 0 Å². The van der Waals surface area contributed by atoms with Gasteiger partial charge in [0.05, 0.1) is 5.56 Å². The van der Waals surface area contributed by atoms with Crippen molar-refractivity contribution in [1.82, 2.24) is 0 Å². The minimum Gasteiger partial charge on any atom is -0.508 e. The summed E-state index contributed by atoms with van der Waals surface area (Å²) >= 11 is 0. The van der Waals surface area contributed by atoms with Crippen LogP contribution in [0.3, 0.4) is 0 Å². The van der Waals surface area contributed by atoms with Gasteiger partial charge in [0.2, 0.25) is 0 Å². The zero-order valence-corrected chi connectivity index (χ0v) is 17.8. The molecule has 160 valence electrons. The van der Waals surface area contributed by atoms with Crippen LogP contribution in [0.15, 0.2) is 48.5 Å². The van der Waals surface area contributed by atoms with Gasteiger partial charge in [-0.1, -0.05) is 95.0 Å². The molecule has 0 radical (unpaired) electrons. The fourth-order valence-corrected chi connectivity index (χ4v) is 3.22. The Morgan fingerprint density at radius 2 is 1.31 bits per heavy atom. The van der Waals surface area contributed by atoms with Crippen molar-refractivity contribution in [3.05, 3.63) is 59.7 Å². The molecule has 0 saturated carbocycles. The Hall–Kier alpha value is -2.49. The van der Waals surface area contributed by atoms with E-state index in [1.54, 1.807) is 24.3 Å². The summed E-state index contributed by atoms with van der Waals surface area (Å²) in [6.07, 6.45) is 14.6. The van der Waals surface area contributed by atoms with Crippen molar-refractivity contribution in [2.24, 2.45) is 0 Å². The topological polar surface area (TPSA) is 83.5 Å². The summed E-state index contributed by atoms with van der Waals surface area (Å²) < 4.78 is 0. The zero-order valence-electron chi connectivity index (χ0n) is 17.8. The summed E-state index contributed by atoms with van der Waals surface area (Å²) in [4.78, 5) is 10.3. The molecular formula is C25H37NO3. The first-order chi connectivity index (χ1) is 14.1. The van der Waals surface area contributed by atoms with Crippen LogP contribution in [0, 0.1) is 0 Å². The van der Waals surface area contributed by atoms with Crippen molar-refractivity contribution < 1.29 is 15.0 Å². The number of carboxylic acid groups (broad SMARTS) is 1. The van der Waals surface area contributed by atoms with Gasteiger partial charge in [0.25, 0.3) is 0 Å². The first kappa shape index (κ1) is 24.5. The first-order valence-electron chi connectivity index (χ1n) is 10.9. The predicted molar refractivity (Wildman–Crippen MR) is 121 cm³/mol. The fourth-order valence-electron chi connectivity index (χ4n) is 3.22. The quantitative estimate of drug-likeness (QED) is 0.270. The smallest absolute Gasteiger partial charge is 0.337 e. The lowest BCUT2D eigenvalue weighted by Gasteiger charge is -2.04. The molecule has 0 aromatic heterocycles. The third-order valence-electron chi connectivity index (χ3n) is 4.98. The van der Waals surface area contributed by atoms with Crippen LogP contribution in [0.5, 0.6) is 5.75 Å². The molecule has 0 bridgehead atoms. The second-order valence-electron chi connectivity index (χ2n) is 7.45. The Kier molecular flexibility index (Phi) is 13.1. The Labute approximate surface area is 175 Å². The number of aromatic hydroxyl groups is 1. The summed E-state index contributed by atoms with van der Waals surface area (Å²) in [5.41, 5.74) is 6.90. The van der Waals surface area contributed by atoms with Gasteiger partial charge in [-0.15, -0.1) is 0 Å². The van der Waals surface area contributed by atoms with E-state index in [-0.39, 0.29) is 5.56 Å². The summed E-state index contributed by atoms with van der Waals surface area (Å²) in [5.74, 6) is -0.531. The lowest BCUT2D eigenvalue weighted by atomic mass is 10.0. The molecule has 4 nitrogen and oxygen atoms in total. The molecule has 0 atom stereocenters. The fraction of sp³-hybridized carbons (Fsp3) is 0.480. The molecule has 2 aromatic rings. The van der Waals surface area contributed by atoms with Crippen molar-refractivity contribution in [3.63, 3.8) is 0 Å². The molecule has 0 aliphatic carbocycles. The number of anilines is 1. The third kappa shape index (κ3) is 11.2. The maximum absolute atomic E-state index is 10.3. The Bertz CT molecular complexity index is 700. The van der Waals surface area contributed by atoms with Gasteiger partial charge in [-0.25, -0.2) is 4.79 Å². The van der Waals surface area contributed by atoms with E-state index in [1.165, 1.54) is 70.3 Å². The van der Waals surface area contributed by atoms with E-state index in [2.05, 4.69) is 6.92 Å². The molecule has 2 aromatic carbocycles. The van der Waals surface area contributed by atoms with Gasteiger partial charge < -0.3 is 15.9 Å². The van der Waals surface area contributed by atoms with Gasteiger partial charge in [0, 0.05) is 5.69 Å². The summed E-state index contributed by atoms with van der Waals surface area (Å²) in [6, 6.07) is 14.1. The SMILES string of the molecule is CCCCCCCCCCCCc1ccccc1O.Nc1ccccc1C(=O)O. The highest BCUT2D eigenvalue weighted by atomic mass is 16.4. The number of nitrogens with two attached hydrogens (primary N) is 1. The van der Waals surface area contributed by atoms with Gasteiger partial charge in [-0.2, -0.15) is 0 Å². The second-order valence-corrected chi connectivity index (χ2v) is 7.45. The number of phenolic OH excluding ortho intramolecular Hbond substituents is 1. The summed E-state index contributed by atoms with van der Waals surface area (Å²) in [7, 11) is 0. The third-order valence-corrected chi connectivity index (χ3v) is 4.98. The zero-order chi connectivity index (χ0) is 21.3. The Morgan fingerprint density at radius 1 is 0.793 bits per heavy atom. The standard InChI is InChI=1S/C18H30O.C7H7NO2/c1-2-3-4-5-6-7-8-9-10-11-14-17-15-12-13-16-18(17)19;8-6-4-2-1-3-5(6)7(9)10/h12-13,15-16,19H,2-11,14H2,1H3;1-4H,8H2,(H,9,10). The number of hydrogen-bond donors (Lipinski definition) is 3. The van der Waals surface area contributed by atoms with E-state index in [1.807, 2.05) is 18.2 Å². The van der Waals surface area contributed by atoms with Crippen LogP contribution in [0.25, 0.3) is 0 Å². The minimum atomic E-state index is -0.988. The molecule has 0 aliphatic heterocycles. The number of benzene rings is 2. The molecule has 0 unspecified atom stereocenters. The molecule has 0 fully saturated rings. The molecule has 29 heavy (non-hydrogen) atoms. The van der Waals surface area contributed by atoms with Crippen LogP contribution in [0.1, 0.15) is 87.1 Å². The average molecular weight is 400 g/mol. The first-order valence-corrected chi connectivity index (χ1v) is 10.9. The molecule has 0 aliphatic rings. The second kappa shape index (κ2) is 15.4. The molecular weight excluding hydrogens is 362 g/mol. The number of carboxylic acids is 1. The minimum absolute atomic E-state index is 0.155. The molecule has 4 heteroatoms. The number of unbranched alkanes of at least 4 members (excludes halogenated alkanes) is 9. The highest BCUT2D eigenvalue weighted by Crippen LogP contribution is 2.19. The molecule has 0 spiro atoms. The van der Waals surface area contributed by atoms with E-state index in [9.17, 15) is 9.90 Å². The average Bonchev–Trinajstić information content (AvgIpc) is 2.71. The number of hydrogen-bond acceptors (Lipinski definition) is 3. The Morgan fingerprint density at radius 3 is 1.83 bits per heavy atom. The van der Waals surface area contributed by atoms with Gasteiger partial charge in [0.1, 0.15) is 5.75 Å². The van der Waals surface area contributed by atoms with Crippen molar-refractivity contribution in [1.29, 1.82) is 0 Å². The maximum atomic E-state index is 10.3. The lowest BCUT2D eigenvalue weighted by molar-refractivity contribution is 0.0698. The number of rotatable bonds is 12. The number of phenols is 1. The highest BCUT2D eigenvalue weighted by Gasteiger charge is 2.04. The van der Waals surface area contributed by atoms with Crippen molar-refractivity contribution in [2.45, 2.75) is 77.6 Å². The van der Waals surface area contributed by atoms with E-state index in [0.717, 1.165) is 12.0 Å². The lowest BCUT2D eigenvalue weighted by Crippen LogP contribution is -2.00. The number of para-hydroxylation sites is 2. The van der Waals surface area contributed by atoms with E-state index >= 15 is 0 Å². The van der Waals surface area contributed by atoms with Crippen molar-refractivity contribution in [3.8, 4) is 5.75 Å². The summed E-state index contributed by atoms with van der Waals surface area (Å²) in [5, 5.41) is 18.1. The van der Waals surface area contributed by atoms with Crippen molar-refractivity contribution >= 4 is 11.7 Å². The van der Waals surface area contributed by atoms with Crippen LogP contribution in [-0.4, -0.2) is 16.2 Å². The number of nitrogen functional groups attached to an aromatic ring is 1. The maximum Gasteiger partial charge on any atom is 0.337 e. The Balaban J connectivity index is 0.000000352. The monoisotopic (exact) mass is 399 g/mol. The van der Waals surface area contributed by atoms with Gasteiger partial charge in [-0.3, -0.25) is 0 Å². The normalized spacial score (nSPS) is 10.2. The molecule has 0 amide bonds. The molecule has 0 heterocycles. The summed E-state index contributed by atoms with van der Waals surface area (Å²) in [6.45, 7) is 2.27. The van der Waals surface area contributed by atoms with Gasteiger partial charge in [0.15, 0.2) is 0 Å². The van der Waals surface area contributed by atoms with E-state index in [4.69, 9.17) is 10.8 Å². The number of aromatic carboxylic acids is 1. The van der Waals surface area contributed by atoms with E-state index in [0.29, 0.717) is 11.4 Å². The van der Waals surface area contributed by atoms with E-state index < -0.39 is 5.97 Å². The largest absolute Gasteiger partial charge is 0.508 e. The van der Waals surface area contributed by atoms with Crippen LogP contribution in [-0.2, 0) is 6.42 Å². The molecule has 4 N–H and O–H groups in total. The van der Waals surface area contributed by atoms with Crippen LogP contribution in [0.2, 0.25) is 0 Å². The van der Waals surface area contributed by atoms with Crippen molar-refractivity contribution in [2.75, 3.05) is 5.73 Å².